The summed E-state index contributed by atoms with van der Waals surface area (Å²) in [4.78, 5) is 0. The Hall–Kier alpha value is -1.31. The molecule has 0 amide bonds. The van der Waals surface area contributed by atoms with Crippen LogP contribution in [0.2, 0.25) is 0 Å². The topological polar surface area (TPSA) is 32.6 Å². The highest BCUT2D eigenvalue weighted by atomic mass is 16.4. The quantitative estimate of drug-likeness (QED) is 0.381. The minimum Gasteiger partial charge on any atom is -0.411 e. The van der Waals surface area contributed by atoms with E-state index in [2.05, 4.69) is 11.2 Å². The standard InChI is InChI=1S/C10H11NO/c12-11-7-9-5-1-3-8-4-2-6-10(8)9/h1,3,5,7,12H,2,4,6H2. The molecule has 0 bridgehead atoms. The number of oxime groups is 1. The number of fused-ring (bicyclic) bond motifs is 1. The van der Waals surface area contributed by atoms with E-state index in [1.165, 1.54) is 30.2 Å². The second kappa shape index (κ2) is 2.97. The molecule has 0 fully saturated rings. The van der Waals surface area contributed by atoms with Crippen LogP contribution in [0.1, 0.15) is 23.1 Å². The highest BCUT2D eigenvalue weighted by Crippen LogP contribution is 2.23. The van der Waals surface area contributed by atoms with Gasteiger partial charge in [-0.2, -0.15) is 0 Å². The average molecular weight is 161 g/mol. The second-order valence-corrected chi connectivity index (χ2v) is 3.08. The van der Waals surface area contributed by atoms with Gasteiger partial charge in [-0.3, -0.25) is 0 Å². The van der Waals surface area contributed by atoms with Crippen molar-refractivity contribution in [3.05, 3.63) is 34.9 Å². The van der Waals surface area contributed by atoms with Crippen LogP contribution in [0.3, 0.4) is 0 Å². The Kier molecular flexibility index (Phi) is 1.82. The largest absolute Gasteiger partial charge is 0.411 e. The zero-order chi connectivity index (χ0) is 8.39. The Labute approximate surface area is 71.5 Å². The third kappa shape index (κ3) is 1.09. The van der Waals surface area contributed by atoms with Crippen LogP contribution in [0.15, 0.2) is 23.4 Å². The molecule has 2 nitrogen and oxygen atoms in total. The van der Waals surface area contributed by atoms with Crippen molar-refractivity contribution < 1.29 is 5.21 Å². The lowest BCUT2D eigenvalue weighted by Crippen LogP contribution is -1.90. The van der Waals surface area contributed by atoms with Crippen LogP contribution in [0.25, 0.3) is 0 Å². The zero-order valence-electron chi connectivity index (χ0n) is 6.83. The third-order valence-electron chi connectivity index (χ3n) is 2.38. The third-order valence-corrected chi connectivity index (χ3v) is 2.38. The Morgan fingerprint density at radius 2 is 2.25 bits per heavy atom. The van der Waals surface area contributed by atoms with E-state index >= 15 is 0 Å². The summed E-state index contributed by atoms with van der Waals surface area (Å²) in [6.45, 7) is 0. The highest BCUT2D eigenvalue weighted by molar-refractivity contribution is 5.82. The molecule has 0 unspecified atom stereocenters. The summed E-state index contributed by atoms with van der Waals surface area (Å²) in [5.41, 5.74) is 3.83. The van der Waals surface area contributed by atoms with Crippen molar-refractivity contribution in [3.8, 4) is 0 Å². The molecule has 0 atom stereocenters. The molecule has 2 heteroatoms. The number of hydrogen-bond donors (Lipinski definition) is 1. The van der Waals surface area contributed by atoms with Crippen LogP contribution in [0.4, 0.5) is 0 Å². The van der Waals surface area contributed by atoms with E-state index in [4.69, 9.17) is 5.21 Å². The van der Waals surface area contributed by atoms with Crippen molar-refractivity contribution in [1.82, 2.24) is 0 Å². The molecule has 1 aromatic carbocycles. The van der Waals surface area contributed by atoms with Crippen LogP contribution < -0.4 is 0 Å². The summed E-state index contributed by atoms with van der Waals surface area (Å²) in [6, 6.07) is 6.15. The lowest BCUT2D eigenvalue weighted by Gasteiger charge is -2.01. The molecule has 1 aliphatic carbocycles. The van der Waals surface area contributed by atoms with Gasteiger partial charge in [0.15, 0.2) is 0 Å². The van der Waals surface area contributed by atoms with Crippen molar-refractivity contribution in [3.63, 3.8) is 0 Å². The average Bonchev–Trinajstić information content (AvgIpc) is 2.53. The summed E-state index contributed by atoms with van der Waals surface area (Å²) in [6.07, 6.45) is 5.04. The van der Waals surface area contributed by atoms with Gasteiger partial charge in [-0.1, -0.05) is 23.4 Å². The van der Waals surface area contributed by atoms with E-state index in [-0.39, 0.29) is 0 Å². The zero-order valence-corrected chi connectivity index (χ0v) is 6.83. The molecule has 0 aliphatic heterocycles. The van der Waals surface area contributed by atoms with Crippen molar-refractivity contribution in [2.75, 3.05) is 0 Å². The van der Waals surface area contributed by atoms with Crippen molar-refractivity contribution in [2.24, 2.45) is 5.16 Å². The van der Waals surface area contributed by atoms with E-state index < -0.39 is 0 Å². The lowest BCUT2D eigenvalue weighted by molar-refractivity contribution is 0.322. The molecular weight excluding hydrogens is 150 g/mol. The van der Waals surface area contributed by atoms with Gasteiger partial charge < -0.3 is 5.21 Å². The Balaban J connectivity index is 2.49. The molecule has 62 valence electrons. The Bertz CT molecular complexity index is 318. The minimum atomic E-state index is 1.06. The van der Waals surface area contributed by atoms with Crippen molar-refractivity contribution >= 4 is 6.21 Å². The molecule has 12 heavy (non-hydrogen) atoms. The fraction of sp³-hybridized carbons (Fsp3) is 0.300. The molecule has 1 aliphatic rings. The van der Waals surface area contributed by atoms with Crippen molar-refractivity contribution in [1.29, 1.82) is 0 Å². The van der Waals surface area contributed by atoms with Gasteiger partial charge in [-0.15, -0.1) is 0 Å². The van der Waals surface area contributed by atoms with Gasteiger partial charge in [-0.05, 0) is 36.0 Å². The molecule has 1 N–H and O–H groups in total. The summed E-state index contributed by atoms with van der Waals surface area (Å²) in [5.74, 6) is 0. The van der Waals surface area contributed by atoms with E-state index in [1.807, 2.05) is 12.1 Å². The number of benzene rings is 1. The lowest BCUT2D eigenvalue weighted by atomic mass is 10.0. The molecule has 1 aromatic rings. The molecule has 2 rings (SSSR count). The first-order valence-electron chi connectivity index (χ1n) is 4.20. The fourth-order valence-electron chi connectivity index (χ4n) is 1.83. The molecular formula is C10H11NO. The summed E-state index contributed by atoms with van der Waals surface area (Å²) >= 11 is 0. The van der Waals surface area contributed by atoms with Gasteiger partial charge >= 0.3 is 0 Å². The van der Waals surface area contributed by atoms with Crippen LogP contribution in [0.5, 0.6) is 0 Å². The van der Waals surface area contributed by atoms with E-state index in [1.54, 1.807) is 0 Å². The summed E-state index contributed by atoms with van der Waals surface area (Å²) < 4.78 is 0. The number of aryl methyl sites for hydroxylation is 1. The van der Waals surface area contributed by atoms with Gasteiger partial charge in [-0.25, -0.2) is 0 Å². The maximum atomic E-state index is 8.42. The SMILES string of the molecule is ON=Cc1cccc2c1CCC2. The van der Waals surface area contributed by atoms with Gasteiger partial charge in [0.2, 0.25) is 0 Å². The first-order valence-corrected chi connectivity index (χ1v) is 4.20. The second-order valence-electron chi connectivity index (χ2n) is 3.08. The Morgan fingerprint density at radius 1 is 1.33 bits per heavy atom. The number of rotatable bonds is 1. The number of hydrogen-bond acceptors (Lipinski definition) is 2. The smallest absolute Gasteiger partial charge is 0.0736 e. The summed E-state index contributed by atoms with van der Waals surface area (Å²) in [5, 5.41) is 11.5. The number of nitrogens with zero attached hydrogens (tertiary/aromatic N) is 1. The predicted octanol–water partition coefficient (Wildman–Crippen LogP) is 1.98. The maximum absolute atomic E-state index is 8.42. The van der Waals surface area contributed by atoms with Crippen molar-refractivity contribution in [2.45, 2.75) is 19.3 Å². The fourth-order valence-corrected chi connectivity index (χ4v) is 1.83. The first kappa shape index (κ1) is 7.35. The normalized spacial score (nSPS) is 15.3. The maximum Gasteiger partial charge on any atom is 0.0736 e. The molecule has 0 saturated heterocycles. The highest BCUT2D eigenvalue weighted by Gasteiger charge is 2.12. The van der Waals surface area contributed by atoms with E-state index in [0.717, 1.165) is 12.0 Å². The summed E-state index contributed by atoms with van der Waals surface area (Å²) in [7, 11) is 0. The molecule has 0 radical (unpaired) electrons. The predicted molar refractivity (Wildman–Crippen MR) is 47.8 cm³/mol. The van der Waals surface area contributed by atoms with E-state index in [9.17, 15) is 0 Å². The molecule has 0 saturated carbocycles. The molecule has 0 heterocycles. The molecule has 0 aromatic heterocycles. The Morgan fingerprint density at radius 3 is 3.08 bits per heavy atom. The van der Waals surface area contributed by atoms with Gasteiger partial charge in [0.1, 0.15) is 0 Å². The first-order chi connectivity index (χ1) is 5.92. The van der Waals surface area contributed by atoms with Crippen LogP contribution in [-0.2, 0) is 12.8 Å². The molecule has 0 spiro atoms. The monoisotopic (exact) mass is 161 g/mol. The van der Waals surface area contributed by atoms with Gasteiger partial charge in [0.25, 0.3) is 0 Å². The van der Waals surface area contributed by atoms with Gasteiger partial charge in [0, 0.05) is 0 Å². The van der Waals surface area contributed by atoms with Crippen LogP contribution >= 0.6 is 0 Å². The van der Waals surface area contributed by atoms with Crippen LogP contribution in [0, 0.1) is 0 Å². The minimum absolute atomic E-state index is 1.06. The van der Waals surface area contributed by atoms with E-state index in [0.29, 0.717) is 0 Å². The van der Waals surface area contributed by atoms with Gasteiger partial charge in [0.05, 0.1) is 6.21 Å². The van der Waals surface area contributed by atoms with Crippen LogP contribution in [-0.4, -0.2) is 11.4 Å².